The summed E-state index contributed by atoms with van der Waals surface area (Å²) in [4.78, 5) is 0. The molecule has 0 bridgehead atoms. The van der Waals surface area contributed by atoms with Gasteiger partial charge in [-0.1, -0.05) is 76.3 Å². The lowest BCUT2D eigenvalue weighted by molar-refractivity contribution is 0.590. The second-order valence-corrected chi connectivity index (χ2v) is 3.86. The first-order valence-electron chi connectivity index (χ1n) is 6.26. The summed E-state index contributed by atoms with van der Waals surface area (Å²) in [7, 11) is 0. The Labute approximate surface area is 95.8 Å². The van der Waals surface area contributed by atoms with E-state index in [0.717, 1.165) is 6.42 Å². The van der Waals surface area contributed by atoms with Crippen molar-refractivity contribution in [3.63, 3.8) is 0 Å². The van der Waals surface area contributed by atoms with E-state index in [-0.39, 0.29) is 0 Å². The Morgan fingerprint density at radius 3 is 2.27 bits per heavy atom. The summed E-state index contributed by atoms with van der Waals surface area (Å²) in [5.74, 6) is 0. The molecule has 0 heteroatoms. The lowest BCUT2D eigenvalue weighted by atomic mass is 10.1. The van der Waals surface area contributed by atoms with Gasteiger partial charge in [-0.3, -0.25) is 0 Å². The number of hydrogen-bond donors (Lipinski definition) is 0. The molecule has 0 saturated heterocycles. The Morgan fingerprint density at radius 2 is 1.60 bits per heavy atom. The van der Waals surface area contributed by atoms with Crippen molar-refractivity contribution < 1.29 is 0 Å². The number of unbranched alkanes of at least 4 members (excludes halogenated alkanes) is 7. The first-order chi connectivity index (χ1) is 7.41. The summed E-state index contributed by atoms with van der Waals surface area (Å²) < 4.78 is 0. The van der Waals surface area contributed by atoms with E-state index in [9.17, 15) is 0 Å². The molecular weight excluding hydrogens is 180 g/mol. The van der Waals surface area contributed by atoms with E-state index in [4.69, 9.17) is 0 Å². The van der Waals surface area contributed by atoms with Crippen LogP contribution in [0.3, 0.4) is 0 Å². The van der Waals surface area contributed by atoms with Crippen molar-refractivity contribution in [1.29, 1.82) is 0 Å². The molecule has 0 saturated carbocycles. The fourth-order valence-electron chi connectivity index (χ4n) is 1.47. The van der Waals surface area contributed by atoms with Gasteiger partial charge in [-0.2, -0.15) is 0 Å². The van der Waals surface area contributed by atoms with Crippen LogP contribution in [0.5, 0.6) is 0 Å². The molecule has 0 aromatic carbocycles. The smallest absolute Gasteiger partial charge is 0.0276 e. The van der Waals surface area contributed by atoms with Crippen LogP contribution in [0.4, 0.5) is 0 Å². The van der Waals surface area contributed by atoms with Crippen LogP contribution in [0.15, 0.2) is 30.9 Å². The molecule has 85 valence electrons. The molecule has 0 spiro atoms. The first kappa shape index (κ1) is 14.2. The van der Waals surface area contributed by atoms with E-state index in [2.05, 4.69) is 19.6 Å². The Kier molecular flexibility index (Phi) is 12.5. The average molecular weight is 205 g/mol. The molecule has 0 unspecified atom stereocenters. The Balaban J connectivity index is 3.07. The second kappa shape index (κ2) is 13.2. The SMILES string of the molecule is C=C/C=C/C=[C]/CCCCCCCCC. The first-order valence-corrected chi connectivity index (χ1v) is 6.26. The van der Waals surface area contributed by atoms with Crippen molar-refractivity contribution in [3.8, 4) is 0 Å². The van der Waals surface area contributed by atoms with Gasteiger partial charge in [0.15, 0.2) is 0 Å². The van der Waals surface area contributed by atoms with Gasteiger partial charge < -0.3 is 0 Å². The third-order valence-electron chi connectivity index (χ3n) is 2.39. The van der Waals surface area contributed by atoms with E-state index in [1.807, 2.05) is 18.2 Å². The molecular formula is C15H25. The summed E-state index contributed by atoms with van der Waals surface area (Å²) >= 11 is 0. The lowest BCUT2D eigenvalue weighted by Gasteiger charge is -1.98. The van der Waals surface area contributed by atoms with E-state index in [0.29, 0.717) is 0 Å². The Morgan fingerprint density at radius 1 is 0.933 bits per heavy atom. The average Bonchev–Trinajstić information content (AvgIpc) is 2.26. The van der Waals surface area contributed by atoms with Crippen molar-refractivity contribution in [3.05, 3.63) is 37.0 Å². The number of allylic oxidation sites excluding steroid dienone is 5. The fourth-order valence-corrected chi connectivity index (χ4v) is 1.47. The van der Waals surface area contributed by atoms with Crippen molar-refractivity contribution in [1.82, 2.24) is 0 Å². The molecule has 0 aliphatic carbocycles. The Hall–Kier alpha value is -0.780. The van der Waals surface area contributed by atoms with Gasteiger partial charge in [-0.05, 0) is 18.9 Å². The molecule has 0 aromatic rings. The quantitative estimate of drug-likeness (QED) is 0.338. The van der Waals surface area contributed by atoms with Gasteiger partial charge in [0, 0.05) is 0 Å². The van der Waals surface area contributed by atoms with Crippen LogP contribution < -0.4 is 0 Å². The van der Waals surface area contributed by atoms with Crippen LogP contribution in [-0.4, -0.2) is 0 Å². The third kappa shape index (κ3) is 13.2. The minimum absolute atomic E-state index is 1.09. The topological polar surface area (TPSA) is 0 Å². The summed E-state index contributed by atoms with van der Waals surface area (Å²) in [6.45, 7) is 5.87. The molecule has 0 rings (SSSR count). The molecule has 15 heavy (non-hydrogen) atoms. The normalized spacial score (nSPS) is 11.5. The monoisotopic (exact) mass is 205 g/mol. The van der Waals surface area contributed by atoms with Gasteiger partial charge in [0.25, 0.3) is 0 Å². The standard InChI is InChI=1S/C15H25/c1-3-5-7-9-11-13-15-14-12-10-8-6-4-2/h3,5,7,9H,1,4,6,8,10,12-15H2,2H3/b7-5+,11-9?. The van der Waals surface area contributed by atoms with Crippen molar-refractivity contribution >= 4 is 0 Å². The van der Waals surface area contributed by atoms with Gasteiger partial charge in [-0.25, -0.2) is 0 Å². The van der Waals surface area contributed by atoms with E-state index in [1.165, 1.54) is 44.9 Å². The summed E-state index contributed by atoms with van der Waals surface area (Å²) in [6.07, 6.45) is 21.6. The van der Waals surface area contributed by atoms with Crippen molar-refractivity contribution in [2.75, 3.05) is 0 Å². The third-order valence-corrected chi connectivity index (χ3v) is 2.39. The zero-order valence-corrected chi connectivity index (χ0v) is 10.2. The molecule has 0 nitrogen and oxygen atoms in total. The van der Waals surface area contributed by atoms with Crippen molar-refractivity contribution in [2.24, 2.45) is 0 Å². The molecule has 0 aliphatic rings. The highest BCUT2D eigenvalue weighted by molar-refractivity contribution is 5.06. The highest BCUT2D eigenvalue weighted by Gasteiger charge is 1.88. The van der Waals surface area contributed by atoms with E-state index >= 15 is 0 Å². The predicted octanol–water partition coefficient (Wildman–Crippen LogP) is 5.23. The van der Waals surface area contributed by atoms with Crippen LogP contribution in [0, 0.1) is 6.08 Å². The molecule has 0 atom stereocenters. The number of hydrogen-bond acceptors (Lipinski definition) is 0. The maximum Gasteiger partial charge on any atom is -0.0276 e. The minimum Gasteiger partial charge on any atom is -0.0991 e. The molecule has 0 amide bonds. The van der Waals surface area contributed by atoms with Gasteiger partial charge in [-0.15, -0.1) is 0 Å². The maximum absolute atomic E-state index is 3.61. The number of rotatable bonds is 10. The zero-order chi connectivity index (χ0) is 11.2. The molecule has 0 fully saturated rings. The minimum atomic E-state index is 1.09. The Bertz CT molecular complexity index is 174. The van der Waals surface area contributed by atoms with Crippen LogP contribution in [0.1, 0.15) is 58.3 Å². The molecule has 0 aromatic heterocycles. The lowest BCUT2D eigenvalue weighted by Crippen LogP contribution is -1.78. The van der Waals surface area contributed by atoms with Crippen LogP contribution >= 0.6 is 0 Å². The molecule has 0 N–H and O–H groups in total. The van der Waals surface area contributed by atoms with Crippen molar-refractivity contribution in [2.45, 2.75) is 58.3 Å². The highest BCUT2D eigenvalue weighted by Crippen LogP contribution is 2.08. The summed E-state index contributed by atoms with van der Waals surface area (Å²) in [5, 5.41) is 0. The summed E-state index contributed by atoms with van der Waals surface area (Å²) in [5.41, 5.74) is 0. The molecule has 1 radical (unpaired) electrons. The van der Waals surface area contributed by atoms with Gasteiger partial charge >= 0.3 is 0 Å². The predicted molar refractivity (Wildman–Crippen MR) is 69.8 cm³/mol. The zero-order valence-electron chi connectivity index (χ0n) is 10.2. The summed E-state index contributed by atoms with van der Waals surface area (Å²) in [6, 6.07) is 0. The molecule has 0 aliphatic heterocycles. The van der Waals surface area contributed by atoms with E-state index < -0.39 is 0 Å². The van der Waals surface area contributed by atoms with Crippen LogP contribution in [0.25, 0.3) is 0 Å². The second-order valence-electron chi connectivity index (χ2n) is 3.86. The van der Waals surface area contributed by atoms with Gasteiger partial charge in [0.05, 0.1) is 0 Å². The maximum atomic E-state index is 3.61. The van der Waals surface area contributed by atoms with E-state index in [1.54, 1.807) is 6.08 Å². The van der Waals surface area contributed by atoms with Gasteiger partial charge in [0.2, 0.25) is 0 Å². The van der Waals surface area contributed by atoms with Crippen LogP contribution in [0.2, 0.25) is 0 Å². The fraction of sp³-hybridized carbons (Fsp3) is 0.600. The largest absolute Gasteiger partial charge is 0.0991 e. The van der Waals surface area contributed by atoms with Gasteiger partial charge in [0.1, 0.15) is 0 Å². The highest BCUT2D eigenvalue weighted by atomic mass is 13.9. The van der Waals surface area contributed by atoms with Crippen LogP contribution in [-0.2, 0) is 0 Å². The molecule has 0 heterocycles.